The molecule has 1 heterocycles. The van der Waals surface area contributed by atoms with E-state index in [0.717, 1.165) is 10.0 Å². The molecule has 2 rings (SSSR count). The molecule has 0 saturated heterocycles. The fraction of sp³-hybridized carbons (Fsp3) is 0.231. The minimum absolute atomic E-state index is 0.0472. The zero-order valence-electron chi connectivity index (χ0n) is 10.3. The summed E-state index contributed by atoms with van der Waals surface area (Å²) in [7, 11) is 0. The number of nitrogens with zero attached hydrogens (tertiary/aromatic N) is 1. The van der Waals surface area contributed by atoms with E-state index in [2.05, 4.69) is 20.9 Å². The number of hydrogen-bond acceptors (Lipinski definition) is 5. The predicted molar refractivity (Wildman–Crippen MR) is 70.9 cm³/mol. The minimum atomic E-state index is -0.523. The highest BCUT2D eigenvalue weighted by Gasteiger charge is 2.13. The van der Waals surface area contributed by atoms with Gasteiger partial charge in [0, 0.05) is 4.47 Å². The lowest BCUT2D eigenvalue weighted by atomic mass is 10.2. The molecule has 100 valence electrons. The molecule has 0 aliphatic heterocycles. The number of ether oxygens (including phenoxy) is 2. The van der Waals surface area contributed by atoms with E-state index < -0.39 is 5.97 Å². The van der Waals surface area contributed by atoms with Crippen molar-refractivity contribution < 1.29 is 18.7 Å². The molecule has 0 spiro atoms. The Kier molecular flexibility index (Phi) is 4.57. The lowest BCUT2D eigenvalue weighted by Crippen LogP contribution is -2.05. The molecule has 0 unspecified atom stereocenters. The van der Waals surface area contributed by atoms with E-state index in [9.17, 15) is 4.79 Å². The van der Waals surface area contributed by atoms with Crippen molar-refractivity contribution >= 4 is 21.9 Å². The molecule has 0 fully saturated rings. The highest BCUT2D eigenvalue weighted by Crippen LogP contribution is 2.15. The topological polar surface area (TPSA) is 61.6 Å². The van der Waals surface area contributed by atoms with Gasteiger partial charge in [0.15, 0.2) is 5.69 Å². The zero-order valence-corrected chi connectivity index (χ0v) is 11.8. The van der Waals surface area contributed by atoms with Crippen molar-refractivity contribution in [3.05, 3.63) is 46.3 Å². The van der Waals surface area contributed by atoms with Crippen molar-refractivity contribution in [1.82, 2.24) is 4.98 Å². The molecule has 6 heteroatoms. The first kappa shape index (κ1) is 13.6. The van der Waals surface area contributed by atoms with Gasteiger partial charge in [-0.05, 0) is 24.6 Å². The Morgan fingerprint density at radius 3 is 2.79 bits per heavy atom. The largest absolute Gasteiger partial charge is 0.461 e. The lowest BCUT2D eigenvalue weighted by molar-refractivity contribution is 0.0519. The van der Waals surface area contributed by atoms with Crippen molar-refractivity contribution in [2.45, 2.75) is 13.5 Å². The quantitative estimate of drug-likeness (QED) is 0.790. The van der Waals surface area contributed by atoms with Gasteiger partial charge < -0.3 is 13.9 Å². The highest BCUT2D eigenvalue weighted by molar-refractivity contribution is 9.10. The number of hydrogen-bond donors (Lipinski definition) is 0. The van der Waals surface area contributed by atoms with Crippen LogP contribution in [0.1, 0.15) is 23.0 Å². The van der Waals surface area contributed by atoms with Crippen molar-refractivity contribution in [2.75, 3.05) is 6.61 Å². The summed E-state index contributed by atoms with van der Waals surface area (Å²) in [6.45, 7) is 2.33. The molecule has 1 aromatic heterocycles. The van der Waals surface area contributed by atoms with Crippen LogP contribution in [0.3, 0.4) is 0 Å². The van der Waals surface area contributed by atoms with Crippen molar-refractivity contribution in [3.63, 3.8) is 0 Å². The number of aromatic nitrogens is 1. The highest BCUT2D eigenvalue weighted by atomic mass is 79.9. The van der Waals surface area contributed by atoms with Crippen LogP contribution in [0.15, 0.2) is 39.4 Å². The van der Waals surface area contributed by atoms with Gasteiger partial charge in [0.25, 0.3) is 0 Å². The first-order valence-electron chi connectivity index (χ1n) is 5.69. The maximum Gasteiger partial charge on any atom is 0.394 e. The normalized spacial score (nSPS) is 10.2. The van der Waals surface area contributed by atoms with Gasteiger partial charge in [-0.25, -0.2) is 4.79 Å². The van der Waals surface area contributed by atoms with E-state index in [1.165, 1.54) is 6.26 Å². The summed E-state index contributed by atoms with van der Waals surface area (Å²) in [6, 6.07) is 7.66. The predicted octanol–water partition coefficient (Wildman–Crippen LogP) is 3.19. The number of halogens is 1. The van der Waals surface area contributed by atoms with Crippen LogP contribution in [0, 0.1) is 0 Å². The van der Waals surface area contributed by atoms with Crippen LogP contribution in [0.25, 0.3) is 0 Å². The summed E-state index contributed by atoms with van der Waals surface area (Å²) in [5.41, 5.74) is 1.08. The number of esters is 1. The zero-order chi connectivity index (χ0) is 13.7. The van der Waals surface area contributed by atoms with Crippen molar-refractivity contribution in [3.8, 4) is 6.08 Å². The van der Waals surface area contributed by atoms with E-state index in [-0.39, 0.29) is 11.8 Å². The second-order valence-corrected chi connectivity index (χ2v) is 4.55. The summed E-state index contributed by atoms with van der Waals surface area (Å²) in [5, 5.41) is 0. The SMILES string of the molecule is CCOC(=O)c1coc(OCc2ccc(Br)cc2)n1. The van der Waals surface area contributed by atoms with E-state index in [1.807, 2.05) is 24.3 Å². The number of carbonyl (C=O) groups is 1. The molecular weight excluding hydrogens is 314 g/mol. The molecule has 5 nitrogen and oxygen atoms in total. The number of oxazole rings is 1. The Hall–Kier alpha value is -1.82. The fourth-order valence-corrected chi connectivity index (χ4v) is 1.61. The lowest BCUT2D eigenvalue weighted by Gasteiger charge is -2.01. The van der Waals surface area contributed by atoms with Crippen molar-refractivity contribution in [1.29, 1.82) is 0 Å². The second kappa shape index (κ2) is 6.38. The van der Waals surface area contributed by atoms with Crippen LogP contribution >= 0.6 is 15.9 Å². The first-order valence-corrected chi connectivity index (χ1v) is 6.48. The van der Waals surface area contributed by atoms with Gasteiger partial charge >= 0.3 is 12.0 Å². The molecule has 0 bridgehead atoms. The molecule has 0 aliphatic rings. The summed E-state index contributed by atoms with van der Waals surface area (Å²) < 4.78 is 16.2. The van der Waals surface area contributed by atoms with Crippen LogP contribution in [0.5, 0.6) is 6.08 Å². The summed E-state index contributed by atoms with van der Waals surface area (Å²) in [4.78, 5) is 15.3. The fourth-order valence-electron chi connectivity index (χ4n) is 1.35. The van der Waals surface area contributed by atoms with Gasteiger partial charge in [-0.1, -0.05) is 28.1 Å². The Bertz CT molecular complexity index is 550. The number of rotatable bonds is 5. The molecule has 0 amide bonds. The van der Waals surface area contributed by atoms with Gasteiger partial charge in [-0.3, -0.25) is 0 Å². The Morgan fingerprint density at radius 2 is 2.11 bits per heavy atom. The van der Waals surface area contributed by atoms with Crippen LogP contribution < -0.4 is 4.74 Å². The second-order valence-electron chi connectivity index (χ2n) is 3.63. The summed E-state index contributed by atoms with van der Waals surface area (Å²) in [6.07, 6.45) is 1.26. The van der Waals surface area contributed by atoms with Crippen LogP contribution in [0.2, 0.25) is 0 Å². The molecular formula is C13H12BrNO4. The van der Waals surface area contributed by atoms with Crippen LogP contribution in [-0.4, -0.2) is 17.6 Å². The Labute approximate surface area is 118 Å². The number of benzene rings is 1. The van der Waals surface area contributed by atoms with Crippen LogP contribution in [0.4, 0.5) is 0 Å². The molecule has 2 aromatic rings. The molecule has 0 radical (unpaired) electrons. The van der Waals surface area contributed by atoms with E-state index in [4.69, 9.17) is 13.9 Å². The van der Waals surface area contributed by atoms with Gasteiger partial charge in [-0.15, -0.1) is 0 Å². The van der Waals surface area contributed by atoms with Gasteiger partial charge in [0.05, 0.1) is 6.61 Å². The monoisotopic (exact) mass is 325 g/mol. The average molecular weight is 326 g/mol. The van der Waals surface area contributed by atoms with Gasteiger partial charge in [0.2, 0.25) is 0 Å². The van der Waals surface area contributed by atoms with Gasteiger partial charge in [0.1, 0.15) is 12.9 Å². The van der Waals surface area contributed by atoms with E-state index in [1.54, 1.807) is 6.92 Å². The molecule has 0 saturated carbocycles. The van der Waals surface area contributed by atoms with E-state index in [0.29, 0.717) is 13.2 Å². The maximum atomic E-state index is 11.4. The molecule has 0 atom stereocenters. The Morgan fingerprint density at radius 1 is 1.37 bits per heavy atom. The summed E-state index contributed by atoms with van der Waals surface area (Å²) in [5.74, 6) is -0.523. The molecule has 1 aromatic carbocycles. The molecule has 0 N–H and O–H groups in total. The average Bonchev–Trinajstić information content (AvgIpc) is 2.87. The third-order valence-electron chi connectivity index (χ3n) is 2.24. The first-order chi connectivity index (χ1) is 9.19. The standard InChI is InChI=1S/C13H12BrNO4/c1-2-17-12(16)11-8-19-13(15-11)18-7-9-3-5-10(14)6-4-9/h3-6,8H,2,7H2,1H3. The third-order valence-corrected chi connectivity index (χ3v) is 2.77. The smallest absolute Gasteiger partial charge is 0.394 e. The Balaban J connectivity index is 1.93. The number of carbonyl (C=O) groups excluding carboxylic acids is 1. The third kappa shape index (κ3) is 3.82. The van der Waals surface area contributed by atoms with E-state index >= 15 is 0 Å². The molecule has 0 aliphatic carbocycles. The summed E-state index contributed by atoms with van der Waals surface area (Å²) >= 11 is 3.35. The van der Waals surface area contributed by atoms with Crippen molar-refractivity contribution in [2.24, 2.45) is 0 Å². The maximum absolute atomic E-state index is 11.4. The van der Waals surface area contributed by atoms with Crippen LogP contribution in [-0.2, 0) is 11.3 Å². The minimum Gasteiger partial charge on any atom is -0.461 e. The van der Waals surface area contributed by atoms with Gasteiger partial charge in [-0.2, -0.15) is 4.98 Å². The molecule has 19 heavy (non-hydrogen) atoms.